The van der Waals surface area contributed by atoms with E-state index in [9.17, 15) is 9.59 Å². The zero-order valence-electron chi connectivity index (χ0n) is 12.7. The van der Waals surface area contributed by atoms with Crippen LogP contribution in [0.2, 0.25) is 5.02 Å². The lowest BCUT2D eigenvalue weighted by Gasteiger charge is -2.04. The van der Waals surface area contributed by atoms with Crippen molar-refractivity contribution in [3.8, 4) is 0 Å². The van der Waals surface area contributed by atoms with Crippen LogP contribution < -0.4 is 10.9 Å². The van der Waals surface area contributed by atoms with Gasteiger partial charge in [-0.05, 0) is 24.1 Å². The number of nitrogens with zero attached hydrogens (tertiary/aromatic N) is 2. The van der Waals surface area contributed by atoms with Gasteiger partial charge in [-0.25, -0.2) is 10.1 Å². The number of amides is 1. The van der Waals surface area contributed by atoms with Crippen LogP contribution in [-0.2, 0) is 6.42 Å². The molecule has 2 heterocycles. The fraction of sp³-hybridized carbons (Fsp3) is 0.125. The second-order valence-corrected chi connectivity index (χ2v) is 6.61. The first-order valence-corrected chi connectivity index (χ1v) is 8.28. The molecule has 0 aliphatic heterocycles. The van der Waals surface area contributed by atoms with Gasteiger partial charge in [-0.2, -0.15) is 5.10 Å². The third-order valence-corrected chi connectivity index (χ3v) is 4.78. The van der Waals surface area contributed by atoms with E-state index in [4.69, 9.17) is 11.6 Å². The van der Waals surface area contributed by atoms with Crippen LogP contribution in [0.25, 0.3) is 0 Å². The minimum Gasteiger partial charge on any atom is -0.296 e. The first kappa shape index (κ1) is 16.4. The summed E-state index contributed by atoms with van der Waals surface area (Å²) in [6, 6.07) is 8.49. The third-order valence-electron chi connectivity index (χ3n) is 3.32. The molecule has 0 bridgehead atoms. The van der Waals surface area contributed by atoms with Crippen molar-refractivity contribution < 1.29 is 4.79 Å². The van der Waals surface area contributed by atoms with Gasteiger partial charge in [0.1, 0.15) is 5.69 Å². The Morgan fingerprint density at radius 2 is 2.17 bits per heavy atom. The average Bonchev–Trinajstić information content (AvgIpc) is 2.99. The van der Waals surface area contributed by atoms with Crippen molar-refractivity contribution >= 4 is 34.0 Å². The van der Waals surface area contributed by atoms with Crippen molar-refractivity contribution in [2.24, 2.45) is 0 Å². The molecule has 3 rings (SSSR count). The molecule has 0 unspecified atom stereocenters. The fourth-order valence-corrected chi connectivity index (χ4v) is 3.13. The summed E-state index contributed by atoms with van der Waals surface area (Å²) in [7, 11) is 0. The van der Waals surface area contributed by atoms with Crippen LogP contribution in [0.5, 0.6) is 0 Å². The Bertz CT molecular complexity index is 931. The summed E-state index contributed by atoms with van der Waals surface area (Å²) in [5.74, 6) is -0.430. The Kier molecular flexibility index (Phi) is 4.73. The number of nitrogens with one attached hydrogen (secondary N) is 2. The summed E-state index contributed by atoms with van der Waals surface area (Å²) < 4.78 is 0. The third kappa shape index (κ3) is 3.69. The summed E-state index contributed by atoms with van der Waals surface area (Å²) in [6.45, 7) is 1.96. The summed E-state index contributed by atoms with van der Waals surface area (Å²) >= 11 is 7.67. The van der Waals surface area contributed by atoms with Gasteiger partial charge in [0.05, 0.1) is 0 Å². The smallest absolute Gasteiger partial charge is 0.277 e. The Morgan fingerprint density at radius 1 is 1.33 bits per heavy atom. The first-order valence-electron chi connectivity index (χ1n) is 7.08. The van der Waals surface area contributed by atoms with E-state index in [-0.39, 0.29) is 11.3 Å². The number of aromatic amines is 1. The number of halogens is 1. The normalized spacial score (nSPS) is 10.6. The van der Waals surface area contributed by atoms with Gasteiger partial charge in [-0.3, -0.25) is 14.9 Å². The summed E-state index contributed by atoms with van der Waals surface area (Å²) in [6.07, 6.45) is 2.35. The highest BCUT2D eigenvalue weighted by molar-refractivity contribution is 7.15. The molecule has 1 amide bonds. The average molecular weight is 361 g/mol. The van der Waals surface area contributed by atoms with Crippen LogP contribution in [0.1, 0.15) is 26.5 Å². The quantitative estimate of drug-likeness (QED) is 0.748. The molecule has 0 saturated heterocycles. The van der Waals surface area contributed by atoms with Crippen LogP contribution in [0.15, 0.2) is 41.3 Å². The first-order chi connectivity index (χ1) is 11.5. The summed E-state index contributed by atoms with van der Waals surface area (Å²) in [5.41, 5.74) is 1.79. The number of anilines is 1. The molecule has 2 aromatic heterocycles. The Hall–Kier alpha value is -2.51. The van der Waals surface area contributed by atoms with Crippen LogP contribution in [0.3, 0.4) is 0 Å². The van der Waals surface area contributed by atoms with Crippen molar-refractivity contribution in [2.45, 2.75) is 13.3 Å². The number of aryl methyl sites for hydroxylation is 1. The van der Waals surface area contributed by atoms with Crippen molar-refractivity contribution in [2.75, 3.05) is 5.32 Å². The molecule has 122 valence electrons. The molecule has 24 heavy (non-hydrogen) atoms. The molecule has 0 radical (unpaired) electrons. The fourth-order valence-electron chi connectivity index (χ4n) is 2.11. The van der Waals surface area contributed by atoms with Gasteiger partial charge >= 0.3 is 0 Å². The zero-order valence-corrected chi connectivity index (χ0v) is 14.2. The molecule has 0 atom stereocenters. The van der Waals surface area contributed by atoms with Crippen LogP contribution >= 0.6 is 22.9 Å². The van der Waals surface area contributed by atoms with E-state index in [0.717, 1.165) is 21.0 Å². The number of aromatic nitrogens is 3. The van der Waals surface area contributed by atoms with E-state index in [2.05, 4.69) is 20.5 Å². The number of hydrogen-bond donors (Lipinski definition) is 2. The lowest BCUT2D eigenvalue weighted by molar-refractivity contribution is 0.102. The number of H-pyrrole nitrogens is 1. The number of hydrogen-bond acceptors (Lipinski definition) is 5. The molecule has 0 aliphatic carbocycles. The van der Waals surface area contributed by atoms with Crippen LogP contribution in [-0.4, -0.2) is 21.1 Å². The van der Waals surface area contributed by atoms with Crippen molar-refractivity contribution in [3.63, 3.8) is 0 Å². The second-order valence-electron chi connectivity index (χ2n) is 5.12. The largest absolute Gasteiger partial charge is 0.296 e. The standard InChI is InChI=1S/C16H13ClN4O2S/c1-9-3-2-4-10(14(9)17)7-11-8-18-16(24-11)19-15(23)12-5-6-13(22)21-20-12/h2-6,8H,7H2,1H3,(H,21,22)(H,18,19,23). The van der Waals surface area contributed by atoms with Gasteiger partial charge < -0.3 is 0 Å². The van der Waals surface area contributed by atoms with Gasteiger partial charge in [0.2, 0.25) is 0 Å². The SMILES string of the molecule is Cc1cccc(Cc2cnc(NC(=O)c3ccc(=O)[nH]n3)s2)c1Cl. The highest BCUT2D eigenvalue weighted by Gasteiger charge is 2.12. The molecule has 6 nitrogen and oxygen atoms in total. The molecule has 0 aliphatic rings. The molecular formula is C16H13ClN4O2S. The predicted octanol–water partition coefficient (Wildman–Crippen LogP) is 3.03. The van der Waals surface area contributed by atoms with Crippen LogP contribution in [0, 0.1) is 6.92 Å². The maximum absolute atomic E-state index is 12.0. The summed E-state index contributed by atoms with van der Waals surface area (Å²) in [5, 5.41) is 9.77. The summed E-state index contributed by atoms with van der Waals surface area (Å²) in [4.78, 5) is 28.2. The Balaban J connectivity index is 1.71. The van der Waals surface area contributed by atoms with Crippen molar-refractivity contribution in [1.29, 1.82) is 0 Å². The van der Waals surface area contributed by atoms with Gasteiger partial charge in [0, 0.05) is 28.6 Å². The Labute approximate surface area is 146 Å². The highest BCUT2D eigenvalue weighted by atomic mass is 35.5. The maximum atomic E-state index is 12.0. The van der Waals surface area contributed by atoms with Gasteiger partial charge in [-0.1, -0.05) is 29.8 Å². The molecule has 8 heteroatoms. The van der Waals surface area contributed by atoms with Gasteiger partial charge in [0.15, 0.2) is 5.13 Å². The van der Waals surface area contributed by atoms with E-state index in [1.807, 2.05) is 25.1 Å². The lowest BCUT2D eigenvalue weighted by Crippen LogP contribution is -2.17. The minimum absolute atomic E-state index is 0.119. The number of rotatable bonds is 4. The molecule has 1 aromatic carbocycles. The van der Waals surface area contributed by atoms with E-state index in [1.165, 1.54) is 23.5 Å². The van der Waals surface area contributed by atoms with Gasteiger partial charge in [0.25, 0.3) is 11.5 Å². The number of benzene rings is 1. The molecule has 0 fully saturated rings. The zero-order chi connectivity index (χ0) is 17.1. The molecular weight excluding hydrogens is 348 g/mol. The maximum Gasteiger partial charge on any atom is 0.277 e. The Morgan fingerprint density at radius 3 is 2.92 bits per heavy atom. The lowest BCUT2D eigenvalue weighted by atomic mass is 10.1. The van der Waals surface area contributed by atoms with E-state index in [1.54, 1.807) is 6.20 Å². The monoisotopic (exact) mass is 360 g/mol. The van der Waals surface area contributed by atoms with Crippen molar-refractivity contribution in [3.05, 3.63) is 73.6 Å². The van der Waals surface area contributed by atoms with Gasteiger partial charge in [-0.15, -0.1) is 11.3 Å². The predicted molar refractivity (Wildman–Crippen MR) is 93.9 cm³/mol. The molecule has 3 aromatic rings. The van der Waals surface area contributed by atoms with E-state index < -0.39 is 5.91 Å². The van der Waals surface area contributed by atoms with Crippen LogP contribution in [0.4, 0.5) is 5.13 Å². The molecule has 0 spiro atoms. The number of thiazole rings is 1. The molecule has 2 N–H and O–H groups in total. The number of carbonyl (C=O) groups excluding carboxylic acids is 1. The highest BCUT2D eigenvalue weighted by Crippen LogP contribution is 2.26. The minimum atomic E-state index is -0.430. The van der Waals surface area contributed by atoms with E-state index in [0.29, 0.717) is 11.6 Å². The number of carbonyl (C=O) groups is 1. The van der Waals surface area contributed by atoms with E-state index >= 15 is 0 Å². The van der Waals surface area contributed by atoms with Crippen molar-refractivity contribution in [1.82, 2.24) is 15.2 Å². The topological polar surface area (TPSA) is 87.7 Å². The molecule has 0 saturated carbocycles. The second kappa shape index (κ2) is 6.94.